The number of nitrogens with zero attached hydrogens (tertiary/aromatic N) is 2. The van der Waals surface area contributed by atoms with E-state index < -0.39 is 0 Å². The van der Waals surface area contributed by atoms with Crippen LogP contribution in [0.1, 0.15) is 24.7 Å². The van der Waals surface area contributed by atoms with E-state index in [-0.39, 0.29) is 24.0 Å². The van der Waals surface area contributed by atoms with Crippen LogP contribution in [0.3, 0.4) is 0 Å². The van der Waals surface area contributed by atoms with Gasteiger partial charge in [0.05, 0.1) is 27.7 Å². The molecule has 0 amide bonds. The van der Waals surface area contributed by atoms with Gasteiger partial charge in [-0.05, 0) is 43.0 Å². The number of hydrogen-bond donors (Lipinski definition) is 1. The molecule has 0 saturated heterocycles. The van der Waals surface area contributed by atoms with Crippen LogP contribution < -0.4 is 11.3 Å². The van der Waals surface area contributed by atoms with Crippen LogP contribution >= 0.6 is 24.0 Å². The van der Waals surface area contributed by atoms with Crippen LogP contribution in [0.5, 0.6) is 0 Å². The first kappa shape index (κ1) is 17.0. The summed E-state index contributed by atoms with van der Waals surface area (Å²) in [5, 5.41) is 0.848. The molecule has 3 aromatic rings. The van der Waals surface area contributed by atoms with E-state index in [4.69, 9.17) is 17.3 Å². The Balaban J connectivity index is 0.00000169. The van der Waals surface area contributed by atoms with E-state index in [1.165, 1.54) is 0 Å². The van der Waals surface area contributed by atoms with Crippen molar-refractivity contribution in [1.82, 2.24) is 9.55 Å². The van der Waals surface area contributed by atoms with E-state index >= 15 is 0 Å². The van der Waals surface area contributed by atoms with Crippen LogP contribution in [0.2, 0.25) is 5.02 Å². The van der Waals surface area contributed by atoms with Gasteiger partial charge in [0.15, 0.2) is 0 Å². The van der Waals surface area contributed by atoms with Gasteiger partial charge in [-0.25, -0.2) is 4.98 Å². The van der Waals surface area contributed by atoms with Gasteiger partial charge in [-0.3, -0.25) is 9.36 Å². The Hall–Kier alpha value is -1.88. The molecule has 2 N–H and O–H groups in total. The minimum absolute atomic E-state index is 0. The molecule has 1 atom stereocenters. The fourth-order valence-electron chi connectivity index (χ4n) is 2.92. The van der Waals surface area contributed by atoms with Gasteiger partial charge in [-0.2, -0.15) is 0 Å². The van der Waals surface area contributed by atoms with Crippen LogP contribution in [0.25, 0.3) is 16.6 Å². The maximum atomic E-state index is 13.1. The number of halogens is 2. The topological polar surface area (TPSA) is 60.9 Å². The van der Waals surface area contributed by atoms with Gasteiger partial charge in [-0.1, -0.05) is 35.9 Å². The lowest BCUT2D eigenvalue weighted by Crippen LogP contribution is -2.29. The van der Waals surface area contributed by atoms with Gasteiger partial charge in [0.1, 0.15) is 5.82 Å². The summed E-state index contributed by atoms with van der Waals surface area (Å²) in [6, 6.07) is 14.5. The summed E-state index contributed by atoms with van der Waals surface area (Å²) < 4.78 is 1.61. The molecule has 24 heavy (non-hydrogen) atoms. The predicted molar refractivity (Wildman–Crippen MR) is 99.3 cm³/mol. The highest BCUT2D eigenvalue weighted by Gasteiger charge is 2.33. The highest BCUT2D eigenvalue weighted by Crippen LogP contribution is 2.39. The number of aromatic nitrogens is 2. The zero-order valence-electron chi connectivity index (χ0n) is 12.9. The van der Waals surface area contributed by atoms with E-state index in [9.17, 15) is 4.79 Å². The molecule has 4 nitrogen and oxygen atoms in total. The molecule has 1 heterocycles. The largest absolute Gasteiger partial charge is 0.321 e. The Morgan fingerprint density at radius 1 is 1.12 bits per heavy atom. The van der Waals surface area contributed by atoms with Crippen molar-refractivity contribution in [2.24, 2.45) is 11.7 Å². The second-order valence-electron chi connectivity index (χ2n) is 5.94. The number of para-hydroxylation sites is 1. The molecular weight excluding hydrogens is 345 g/mol. The van der Waals surface area contributed by atoms with Gasteiger partial charge in [0.2, 0.25) is 0 Å². The summed E-state index contributed by atoms with van der Waals surface area (Å²) in [7, 11) is 0. The second-order valence-corrected chi connectivity index (χ2v) is 6.35. The lowest BCUT2D eigenvalue weighted by Gasteiger charge is -2.18. The van der Waals surface area contributed by atoms with Gasteiger partial charge < -0.3 is 5.73 Å². The van der Waals surface area contributed by atoms with Crippen molar-refractivity contribution < 1.29 is 0 Å². The van der Waals surface area contributed by atoms with Crippen molar-refractivity contribution in [3.8, 4) is 5.69 Å². The molecule has 0 spiro atoms. The number of fused-ring (bicyclic) bond motifs is 1. The first-order chi connectivity index (χ1) is 11.2. The number of hydrogen-bond acceptors (Lipinski definition) is 3. The molecule has 1 aromatic heterocycles. The third-order valence-corrected chi connectivity index (χ3v) is 4.63. The van der Waals surface area contributed by atoms with E-state index in [0.29, 0.717) is 27.7 Å². The van der Waals surface area contributed by atoms with Crippen LogP contribution in [0.4, 0.5) is 0 Å². The summed E-state index contributed by atoms with van der Waals surface area (Å²) in [5.74, 6) is 1.01. The third-order valence-electron chi connectivity index (χ3n) is 4.32. The zero-order chi connectivity index (χ0) is 16.0. The number of rotatable bonds is 3. The molecule has 0 aliphatic heterocycles. The van der Waals surface area contributed by atoms with E-state index in [1.807, 2.05) is 30.3 Å². The van der Waals surface area contributed by atoms with Gasteiger partial charge in [0.25, 0.3) is 5.56 Å². The van der Waals surface area contributed by atoms with Crippen LogP contribution in [-0.2, 0) is 0 Å². The van der Waals surface area contributed by atoms with Crippen molar-refractivity contribution in [1.29, 1.82) is 0 Å². The van der Waals surface area contributed by atoms with Gasteiger partial charge in [-0.15, -0.1) is 12.4 Å². The monoisotopic (exact) mass is 361 g/mol. The standard InChI is InChI=1S/C18H16ClN3O.ClH/c19-13-7-4-8-14-15(13)18(23)22(12-5-2-1-3-6-12)17(21-14)16(20)11-9-10-11;/h1-8,11,16H,9-10,20H2;1H/t16-;/m0./s1. The molecule has 6 heteroatoms. The Morgan fingerprint density at radius 2 is 1.83 bits per heavy atom. The number of nitrogens with two attached hydrogens (primary N) is 1. The Bertz CT molecular complexity index is 936. The van der Waals surface area contributed by atoms with Crippen LogP contribution in [-0.4, -0.2) is 9.55 Å². The van der Waals surface area contributed by atoms with E-state index in [0.717, 1.165) is 18.5 Å². The average Bonchev–Trinajstić information content (AvgIpc) is 3.39. The summed E-state index contributed by atoms with van der Waals surface area (Å²) in [5.41, 5.74) is 7.57. The molecule has 0 bridgehead atoms. The quantitative estimate of drug-likeness (QED) is 0.769. The zero-order valence-corrected chi connectivity index (χ0v) is 14.4. The maximum Gasteiger partial charge on any atom is 0.267 e. The number of benzene rings is 2. The first-order valence-corrected chi connectivity index (χ1v) is 8.07. The molecule has 2 aromatic carbocycles. The van der Waals surface area contributed by atoms with E-state index in [1.54, 1.807) is 22.8 Å². The highest BCUT2D eigenvalue weighted by molar-refractivity contribution is 6.35. The molecule has 1 saturated carbocycles. The van der Waals surface area contributed by atoms with Crippen molar-refractivity contribution in [3.05, 3.63) is 69.7 Å². The molecule has 4 rings (SSSR count). The molecule has 0 unspecified atom stereocenters. The second kappa shape index (κ2) is 6.55. The van der Waals surface area contributed by atoms with Crippen molar-refractivity contribution in [3.63, 3.8) is 0 Å². The third kappa shape index (κ3) is 2.81. The lowest BCUT2D eigenvalue weighted by atomic mass is 10.1. The molecule has 0 radical (unpaired) electrons. The predicted octanol–water partition coefficient (Wildman–Crippen LogP) is 3.87. The molecular formula is C18H17Cl2N3O. The summed E-state index contributed by atoms with van der Waals surface area (Å²) in [6.45, 7) is 0. The van der Waals surface area contributed by atoms with Crippen molar-refractivity contribution in [2.75, 3.05) is 0 Å². The Morgan fingerprint density at radius 3 is 2.50 bits per heavy atom. The fourth-order valence-corrected chi connectivity index (χ4v) is 3.17. The lowest BCUT2D eigenvalue weighted by molar-refractivity contribution is 0.574. The SMILES string of the molecule is Cl.N[C@H](c1nc2cccc(Cl)c2c(=O)n1-c1ccccc1)C1CC1. The van der Waals surface area contributed by atoms with Crippen LogP contribution in [0.15, 0.2) is 53.3 Å². The molecule has 1 fully saturated rings. The molecule has 124 valence electrons. The van der Waals surface area contributed by atoms with Crippen molar-refractivity contribution in [2.45, 2.75) is 18.9 Å². The molecule has 1 aliphatic carbocycles. The van der Waals surface area contributed by atoms with Gasteiger partial charge in [0, 0.05) is 0 Å². The maximum absolute atomic E-state index is 13.1. The summed E-state index contributed by atoms with van der Waals surface area (Å²) in [4.78, 5) is 17.8. The summed E-state index contributed by atoms with van der Waals surface area (Å²) in [6.07, 6.45) is 2.17. The van der Waals surface area contributed by atoms with Gasteiger partial charge >= 0.3 is 0 Å². The highest BCUT2D eigenvalue weighted by atomic mass is 35.5. The van der Waals surface area contributed by atoms with E-state index in [2.05, 4.69) is 4.98 Å². The smallest absolute Gasteiger partial charge is 0.267 e. The minimum atomic E-state index is -0.244. The van der Waals surface area contributed by atoms with Crippen molar-refractivity contribution >= 4 is 34.9 Å². The summed E-state index contributed by atoms with van der Waals surface area (Å²) >= 11 is 6.24. The molecule has 1 aliphatic rings. The fraction of sp³-hybridized carbons (Fsp3) is 0.222. The normalized spacial score (nSPS) is 15.1. The first-order valence-electron chi connectivity index (χ1n) is 7.69. The Labute approximate surface area is 150 Å². The average molecular weight is 362 g/mol. The van der Waals surface area contributed by atoms with Crippen LogP contribution in [0, 0.1) is 5.92 Å². The Kier molecular flexibility index (Phi) is 4.63. The minimum Gasteiger partial charge on any atom is -0.321 e.